The molecular formula is C18H20FNO. The molecule has 0 amide bonds. The van der Waals surface area contributed by atoms with Crippen LogP contribution < -0.4 is 5.32 Å². The first-order valence-electron chi connectivity index (χ1n) is 7.46. The lowest BCUT2D eigenvalue weighted by atomic mass is 10.1. The highest BCUT2D eigenvalue weighted by Crippen LogP contribution is 2.31. The summed E-state index contributed by atoms with van der Waals surface area (Å²) >= 11 is 0. The van der Waals surface area contributed by atoms with Gasteiger partial charge < -0.3 is 10.4 Å². The summed E-state index contributed by atoms with van der Waals surface area (Å²) in [4.78, 5) is 0. The Hall–Kier alpha value is -1.71. The first-order chi connectivity index (χ1) is 10.3. The smallest absolute Gasteiger partial charge is 0.123 e. The summed E-state index contributed by atoms with van der Waals surface area (Å²) in [6.45, 7) is 0.960. The van der Waals surface area contributed by atoms with Crippen molar-refractivity contribution in [2.24, 2.45) is 0 Å². The lowest BCUT2D eigenvalue weighted by Gasteiger charge is -2.14. The van der Waals surface area contributed by atoms with Gasteiger partial charge in [0.15, 0.2) is 0 Å². The van der Waals surface area contributed by atoms with Gasteiger partial charge in [-0.05, 0) is 60.2 Å². The SMILES string of the molecule is OCc1ccc(CCNC2CCc3ccc(F)cc32)cc1. The molecule has 0 bridgehead atoms. The van der Waals surface area contributed by atoms with Crippen molar-refractivity contribution in [1.82, 2.24) is 5.32 Å². The molecule has 110 valence electrons. The van der Waals surface area contributed by atoms with Gasteiger partial charge in [-0.2, -0.15) is 0 Å². The molecule has 0 saturated heterocycles. The summed E-state index contributed by atoms with van der Waals surface area (Å²) in [5.74, 6) is -0.151. The molecular weight excluding hydrogens is 265 g/mol. The maximum Gasteiger partial charge on any atom is 0.123 e. The van der Waals surface area contributed by atoms with Gasteiger partial charge in [-0.1, -0.05) is 30.3 Å². The Kier molecular flexibility index (Phi) is 4.32. The number of nitrogens with one attached hydrogen (secondary N) is 1. The van der Waals surface area contributed by atoms with Gasteiger partial charge in [0.25, 0.3) is 0 Å². The third kappa shape index (κ3) is 3.31. The summed E-state index contributed by atoms with van der Waals surface area (Å²) in [6, 6.07) is 13.4. The molecule has 1 aliphatic carbocycles. The molecule has 1 atom stereocenters. The Morgan fingerprint density at radius 1 is 1.10 bits per heavy atom. The number of aryl methyl sites for hydroxylation is 1. The summed E-state index contributed by atoms with van der Waals surface area (Å²) in [7, 11) is 0. The number of aliphatic hydroxyl groups excluding tert-OH is 1. The molecule has 0 saturated carbocycles. The lowest BCUT2D eigenvalue weighted by molar-refractivity contribution is 0.282. The van der Waals surface area contributed by atoms with E-state index in [1.165, 1.54) is 11.1 Å². The van der Waals surface area contributed by atoms with Gasteiger partial charge in [0.2, 0.25) is 0 Å². The molecule has 2 nitrogen and oxygen atoms in total. The first-order valence-corrected chi connectivity index (χ1v) is 7.46. The van der Waals surface area contributed by atoms with Crippen LogP contribution in [0.5, 0.6) is 0 Å². The van der Waals surface area contributed by atoms with Gasteiger partial charge in [-0.25, -0.2) is 4.39 Å². The molecule has 0 aliphatic heterocycles. The van der Waals surface area contributed by atoms with Gasteiger partial charge in [-0.15, -0.1) is 0 Å². The Balaban J connectivity index is 1.56. The fourth-order valence-electron chi connectivity index (χ4n) is 2.99. The van der Waals surface area contributed by atoms with Crippen LogP contribution in [-0.4, -0.2) is 11.7 Å². The molecule has 3 heteroatoms. The van der Waals surface area contributed by atoms with E-state index in [9.17, 15) is 4.39 Å². The zero-order chi connectivity index (χ0) is 14.7. The van der Waals surface area contributed by atoms with E-state index in [1.54, 1.807) is 12.1 Å². The minimum Gasteiger partial charge on any atom is -0.392 e. The average molecular weight is 285 g/mol. The lowest BCUT2D eigenvalue weighted by Crippen LogP contribution is -2.22. The molecule has 0 spiro atoms. The van der Waals surface area contributed by atoms with Crippen LogP contribution in [0.2, 0.25) is 0 Å². The van der Waals surface area contributed by atoms with Gasteiger partial charge in [0.05, 0.1) is 6.61 Å². The van der Waals surface area contributed by atoms with Gasteiger partial charge in [-0.3, -0.25) is 0 Å². The fourth-order valence-corrected chi connectivity index (χ4v) is 2.99. The van der Waals surface area contributed by atoms with E-state index in [-0.39, 0.29) is 18.5 Å². The van der Waals surface area contributed by atoms with Crippen molar-refractivity contribution in [3.05, 3.63) is 70.5 Å². The average Bonchev–Trinajstić information content (AvgIpc) is 2.90. The van der Waals surface area contributed by atoms with Gasteiger partial charge in [0.1, 0.15) is 5.82 Å². The second-order valence-corrected chi connectivity index (χ2v) is 5.61. The zero-order valence-electron chi connectivity index (χ0n) is 12.0. The highest BCUT2D eigenvalue weighted by Gasteiger charge is 2.22. The third-order valence-electron chi connectivity index (χ3n) is 4.20. The quantitative estimate of drug-likeness (QED) is 0.884. The number of rotatable bonds is 5. The molecule has 2 aromatic rings. The molecule has 3 rings (SSSR count). The highest BCUT2D eigenvalue weighted by molar-refractivity contribution is 5.35. The predicted octanol–water partition coefficient (Wildman–Crippen LogP) is 3.14. The van der Waals surface area contributed by atoms with Gasteiger partial charge in [0, 0.05) is 6.04 Å². The van der Waals surface area contributed by atoms with Crippen molar-refractivity contribution in [3.8, 4) is 0 Å². The van der Waals surface area contributed by atoms with Crippen LogP contribution in [0.3, 0.4) is 0 Å². The van der Waals surface area contributed by atoms with E-state index in [4.69, 9.17) is 5.11 Å². The summed E-state index contributed by atoms with van der Waals surface area (Å²) in [6.07, 6.45) is 3.01. The normalized spacial score (nSPS) is 17.0. The van der Waals surface area contributed by atoms with E-state index in [0.717, 1.165) is 36.9 Å². The maximum absolute atomic E-state index is 13.3. The van der Waals surface area contributed by atoms with Crippen LogP contribution in [0.1, 0.15) is 34.7 Å². The molecule has 21 heavy (non-hydrogen) atoms. The van der Waals surface area contributed by atoms with E-state index in [1.807, 2.05) is 18.2 Å². The Labute approximate surface area is 124 Å². The van der Waals surface area contributed by atoms with Crippen LogP contribution in [0.15, 0.2) is 42.5 Å². The van der Waals surface area contributed by atoms with E-state index in [0.29, 0.717) is 0 Å². The first kappa shape index (κ1) is 14.2. The highest BCUT2D eigenvalue weighted by atomic mass is 19.1. The van der Waals surface area contributed by atoms with Crippen molar-refractivity contribution < 1.29 is 9.50 Å². The summed E-state index contributed by atoms with van der Waals surface area (Å²) in [5, 5.41) is 12.5. The van der Waals surface area contributed by atoms with E-state index >= 15 is 0 Å². The van der Waals surface area contributed by atoms with Crippen molar-refractivity contribution in [3.63, 3.8) is 0 Å². The topological polar surface area (TPSA) is 32.3 Å². The molecule has 0 heterocycles. The molecule has 0 fully saturated rings. The van der Waals surface area contributed by atoms with Gasteiger partial charge >= 0.3 is 0 Å². The molecule has 2 N–H and O–H groups in total. The Morgan fingerprint density at radius 2 is 1.86 bits per heavy atom. The second-order valence-electron chi connectivity index (χ2n) is 5.61. The number of fused-ring (bicyclic) bond motifs is 1. The number of hydrogen-bond acceptors (Lipinski definition) is 2. The molecule has 1 aliphatic rings. The molecule has 2 aromatic carbocycles. The van der Waals surface area contributed by atoms with Crippen molar-refractivity contribution >= 4 is 0 Å². The summed E-state index contributed by atoms with van der Waals surface area (Å²) in [5.41, 5.74) is 4.57. The Bertz CT molecular complexity index is 609. The number of benzene rings is 2. The van der Waals surface area contributed by atoms with Crippen molar-refractivity contribution in [2.45, 2.75) is 31.9 Å². The van der Waals surface area contributed by atoms with E-state index < -0.39 is 0 Å². The Morgan fingerprint density at radius 3 is 2.62 bits per heavy atom. The van der Waals surface area contributed by atoms with Crippen LogP contribution in [0, 0.1) is 5.82 Å². The minimum absolute atomic E-state index is 0.0863. The maximum atomic E-state index is 13.3. The van der Waals surface area contributed by atoms with Crippen LogP contribution in [0.4, 0.5) is 4.39 Å². The molecule has 0 radical (unpaired) electrons. The predicted molar refractivity (Wildman–Crippen MR) is 81.5 cm³/mol. The van der Waals surface area contributed by atoms with Crippen molar-refractivity contribution in [1.29, 1.82) is 0 Å². The van der Waals surface area contributed by atoms with E-state index in [2.05, 4.69) is 17.4 Å². The molecule has 1 unspecified atom stereocenters. The number of aliphatic hydroxyl groups is 1. The zero-order valence-corrected chi connectivity index (χ0v) is 12.0. The molecule has 0 aromatic heterocycles. The largest absolute Gasteiger partial charge is 0.392 e. The van der Waals surface area contributed by atoms with Crippen LogP contribution >= 0.6 is 0 Å². The number of hydrogen-bond donors (Lipinski definition) is 2. The fraction of sp³-hybridized carbons (Fsp3) is 0.333. The number of halogens is 1. The standard InChI is InChI=1S/C18H20FNO/c19-16-7-5-15-6-8-18(17(15)11-16)20-10-9-13-1-3-14(12-21)4-2-13/h1-5,7,11,18,20-21H,6,8-10,12H2. The monoisotopic (exact) mass is 285 g/mol. The second kappa shape index (κ2) is 6.37. The van der Waals surface area contributed by atoms with Crippen molar-refractivity contribution in [2.75, 3.05) is 6.54 Å². The van der Waals surface area contributed by atoms with Crippen LogP contribution in [0.25, 0.3) is 0 Å². The van der Waals surface area contributed by atoms with Crippen LogP contribution in [-0.2, 0) is 19.4 Å². The third-order valence-corrected chi connectivity index (χ3v) is 4.20. The summed E-state index contributed by atoms with van der Waals surface area (Å²) < 4.78 is 13.3. The minimum atomic E-state index is -0.151.